The van der Waals surface area contributed by atoms with Crippen LogP contribution in [0.2, 0.25) is 0 Å². The molecule has 4 rings (SSSR count). The van der Waals surface area contributed by atoms with Crippen molar-refractivity contribution in [2.24, 2.45) is 0 Å². The third-order valence-corrected chi connectivity index (χ3v) is 6.05. The number of benzene rings is 4. The van der Waals surface area contributed by atoms with Gasteiger partial charge in [-0.05, 0) is 72.5 Å². The largest absolute Gasteiger partial charge is 0.432 e. The second kappa shape index (κ2) is 12.2. The minimum absolute atomic E-state index is 0.188. The highest BCUT2D eigenvalue weighted by molar-refractivity contribution is 5.66. The molecule has 1 nitrogen and oxygen atoms in total. The van der Waals surface area contributed by atoms with Crippen molar-refractivity contribution in [3.8, 4) is 28.7 Å². The average molecular weight is 596 g/mol. The summed E-state index contributed by atoms with van der Waals surface area (Å²) in [6.07, 6.45) is -2.92. The quantitative estimate of drug-likeness (QED) is 0.117. The minimum atomic E-state index is -4.51. The maximum absolute atomic E-state index is 14.7. The summed E-state index contributed by atoms with van der Waals surface area (Å²) in [5.41, 5.74) is -3.70. The molecule has 0 aliphatic heterocycles. The van der Waals surface area contributed by atoms with Gasteiger partial charge in [0.05, 0.1) is 11.1 Å². The first kappa shape index (κ1) is 30.5. The zero-order valence-electron chi connectivity index (χ0n) is 21.5. The number of hydrogen-bond donors (Lipinski definition) is 0. The molecule has 0 amide bonds. The lowest BCUT2D eigenvalue weighted by Gasteiger charge is -2.20. The highest BCUT2D eigenvalue weighted by atomic mass is 19.3. The van der Waals surface area contributed by atoms with E-state index in [0.29, 0.717) is 36.8 Å². The van der Waals surface area contributed by atoms with E-state index in [1.54, 1.807) is 0 Å². The van der Waals surface area contributed by atoms with Gasteiger partial charge >= 0.3 is 6.11 Å². The molecule has 0 radical (unpaired) electrons. The Morgan fingerprint density at radius 3 is 1.81 bits per heavy atom. The Kier molecular flexibility index (Phi) is 8.85. The fourth-order valence-electron chi connectivity index (χ4n) is 4.05. The van der Waals surface area contributed by atoms with Crippen LogP contribution in [0.5, 0.6) is 5.75 Å². The summed E-state index contributed by atoms with van der Waals surface area (Å²) in [5.74, 6) is -8.34. The van der Waals surface area contributed by atoms with Gasteiger partial charge in [-0.3, -0.25) is 0 Å². The van der Waals surface area contributed by atoms with E-state index in [2.05, 4.69) is 16.6 Å². The van der Waals surface area contributed by atoms with Crippen molar-refractivity contribution < 1.29 is 48.6 Å². The maximum Gasteiger partial charge on any atom is 0.432 e. The molecule has 0 saturated carbocycles. The number of halogens is 10. The van der Waals surface area contributed by atoms with Crippen LogP contribution < -0.4 is 4.74 Å². The Labute approximate surface area is 233 Å². The Morgan fingerprint density at radius 2 is 1.26 bits per heavy atom. The van der Waals surface area contributed by atoms with Crippen LogP contribution in [0.25, 0.3) is 11.1 Å². The van der Waals surface area contributed by atoms with Gasteiger partial charge in [0, 0.05) is 11.6 Å². The molecule has 0 atom stereocenters. The molecule has 11 heteroatoms. The summed E-state index contributed by atoms with van der Waals surface area (Å²) >= 11 is 0. The van der Waals surface area contributed by atoms with E-state index >= 15 is 0 Å². The van der Waals surface area contributed by atoms with Crippen LogP contribution in [-0.4, -0.2) is 0 Å². The Bertz CT molecular complexity index is 1650. The molecule has 0 aromatic heterocycles. The second-order valence-electron chi connectivity index (χ2n) is 9.12. The molecular formula is C31H18F10O. The Morgan fingerprint density at radius 1 is 0.667 bits per heavy atom. The Balaban J connectivity index is 1.56. The van der Waals surface area contributed by atoms with Gasteiger partial charge in [-0.25, -0.2) is 35.1 Å². The normalized spacial score (nSPS) is 11.3. The van der Waals surface area contributed by atoms with Crippen LogP contribution >= 0.6 is 0 Å². The molecular weight excluding hydrogens is 578 g/mol. The van der Waals surface area contributed by atoms with Crippen molar-refractivity contribution in [3.63, 3.8) is 0 Å². The average Bonchev–Trinajstić information content (AvgIpc) is 2.89. The van der Waals surface area contributed by atoms with Gasteiger partial charge in [0.1, 0.15) is 40.4 Å². The van der Waals surface area contributed by atoms with Gasteiger partial charge in [0.25, 0.3) is 0 Å². The first-order chi connectivity index (χ1) is 19.8. The molecule has 0 unspecified atom stereocenters. The van der Waals surface area contributed by atoms with Crippen LogP contribution in [-0.2, 0) is 12.5 Å². The van der Waals surface area contributed by atoms with Crippen LogP contribution in [0.15, 0.2) is 54.6 Å². The van der Waals surface area contributed by atoms with Crippen molar-refractivity contribution in [1.29, 1.82) is 0 Å². The topological polar surface area (TPSA) is 9.23 Å². The summed E-state index contributed by atoms with van der Waals surface area (Å²) in [6, 6.07) is 5.92. The van der Waals surface area contributed by atoms with Gasteiger partial charge in [0.2, 0.25) is 0 Å². The number of unbranched alkanes of at least 4 members (excludes halogenated alkanes) is 1. The van der Waals surface area contributed by atoms with Crippen LogP contribution in [0.3, 0.4) is 0 Å². The van der Waals surface area contributed by atoms with Gasteiger partial charge in [-0.15, -0.1) is 0 Å². The summed E-state index contributed by atoms with van der Waals surface area (Å²) in [4.78, 5) is 0. The lowest BCUT2D eigenvalue weighted by atomic mass is 10.0. The molecule has 0 aliphatic rings. The van der Waals surface area contributed by atoms with Crippen LogP contribution in [0.1, 0.15) is 42.0 Å². The zero-order valence-corrected chi connectivity index (χ0v) is 21.5. The molecule has 4 aromatic carbocycles. The molecule has 0 spiro atoms. The number of hydrogen-bond acceptors (Lipinski definition) is 1. The predicted octanol–water partition coefficient (Wildman–Crippen LogP) is 9.34. The molecule has 218 valence electrons. The van der Waals surface area contributed by atoms with E-state index in [1.807, 2.05) is 6.92 Å². The molecule has 0 N–H and O–H groups in total. The lowest BCUT2D eigenvalue weighted by Crippen LogP contribution is -2.25. The van der Waals surface area contributed by atoms with E-state index in [4.69, 9.17) is 0 Å². The summed E-state index contributed by atoms with van der Waals surface area (Å²) in [7, 11) is 0. The number of rotatable bonds is 7. The molecule has 0 fully saturated rings. The third kappa shape index (κ3) is 6.54. The summed E-state index contributed by atoms with van der Waals surface area (Å²) in [5, 5.41) is 0. The number of ether oxygens (including phenoxy) is 1. The third-order valence-electron chi connectivity index (χ3n) is 6.05. The van der Waals surface area contributed by atoms with Crippen molar-refractivity contribution in [3.05, 3.63) is 123 Å². The van der Waals surface area contributed by atoms with Crippen LogP contribution in [0, 0.1) is 58.4 Å². The van der Waals surface area contributed by atoms with E-state index in [1.165, 1.54) is 0 Å². The molecule has 0 bridgehead atoms. The van der Waals surface area contributed by atoms with E-state index < -0.39 is 80.6 Å². The van der Waals surface area contributed by atoms with Gasteiger partial charge < -0.3 is 4.74 Å². The maximum atomic E-state index is 14.7. The highest BCUT2D eigenvalue weighted by Crippen LogP contribution is 2.36. The zero-order chi connectivity index (χ0) is 30.8. The van der Waals surface area contributed by atoms with Crippen LogP contribution in [0.4, 0.5) is 43.9 Å². The summed E-state index contributed by atoms with van der Waals surface area (Å²) < 4.78 is 146. The number of alkyl halides is 2. The lowest BCUT2D eigenvalue weighted by molar-refractivity contribution is -0.189. The van der Waals surface area contributed by atoms with E-state index in [9.17, 15) is 43.9 Å². The highest BCUT2D eigenvalue weighted by Gasteiger charge is 2.41. The number of aryl methyl sites for hydroxylation is 1. The SMILES string of the molecule is CCCCc1cc(F)c(C(F)(F)Oc2ccc(C#Cc3cc(F)c(-c4cc(F)c(F)c(F)c4)c(F)c3)c(F)c2)c(F)c1. The van der Waals surface area contributed by atoms with E-state index in [0.717, 1.165) is 30.7 Å². The minimum Gasteiger partial charge on any atom is -0.429 e. The molecule has 0 heterocycles. The van der Waals surface area contributed by atoms with Crippen molar-refractivity contribution >= 4 is 0 Å². The second-order valence-corrected chi connectivity index (χ2v) is 9.12. The van der Waals surface area contributed by atoms with Gasteiger partial charge in [-0.1, -0.05) is 25.2 Å². The molecule has 0 aliphatic carbocycles. The van der Waals surface area contributed by atoms with Gasteiger partial charge in [-0.2, -0.15) is 8.78 Å². The van der Waals surface area contributed by atoms with Crippen molar-refractivity contribution in [2.45, 2.75) is 32.3 Å². The fraction of sp³-hybridized carbons (Fsp3) is 0.161. The first-order valence-corrected chi connectivity index (χ1v) is 12.3. The predicted molar refractivity (Wildman–Crippen MR) is 134 cm³/mol. The van der Waals surface area contributed by atoms with Crippen molar-refractivity contribution in [1.82, 2.24) is 0 Å². The van der Waals surface area contributed by atoms with Gasteiger partial charge in [0.15, 0.2) is 17.5 Å². The first-order valence-electron chi connectivity index (χ1n) is 12.3. The molecule has 0 saturated heterocycles. The van der Waals surface area contributed by atoms with Crippen molar-refractivity contribution in [2.75, 3.05) is 0 Å². The smallest absolute Gasteiger partial charge is 0.429 e. The molecule has 42 heavy (non-hydrogen) atoms. The fourth-order valence-corrected chi connectivity index (χ4v) is 4.05. The summed E-state index contributed by atoms with van der Waals surface area (Å²) in [6.45, 7) is 1.85. The standard InChI is InChI=1S/C31H18F10O/c1-2-3-4-16-11-24(35)29(25(36)12-16)31(40,41)42-20-8-7-18(21(32)15-20)6-5-17-9-22(33)28(23(34)10-17)19-13-26(37)30(39)27(38)14-19/h7-15H,2-4H2,1H3. The Hall–Kier alpha value is -4.46. The van der Waals surface area contributed by atoms with E-state index in [-0.39, 0.29) is 17.5 Å². The monoisotopic (exact) mass is 596 g/mol. The molecule has 4 aromatic rings.